The van der Waals surface area contributed by atoms with Crippen LogP contribution in [0.25, 0.3) is 0 Å². The summed E-state index contributed by atoms with van der Waals surface area (Å²) in [5, 5.41) is 0. The minimum atomic E-state index is -3.71. The quantitative estimate of drug-likeness (QED) is 0.834. The Morgan fingerprint density at radius 1 is 1.10 bits per heavy atom. The van der Waals surface area contributed by atoms with Gasteiger partial charge in [-0.1, -0.05) is 12.7 Å². The van der Waals surface area contributed by atoms with Gasteiger partial charge in [0.25, 0.3) is 10.0 Å². The van der Waals surface area contributed by atoms with Gasteiger partial charge in [-0.05, 0) is 48.5 Å². The van der Waals surface area contributed by atoms with Gasteiger partial charge in [0.1, 0.15) is 18.2 Å². The van der Waals surface area contributed by atoms with Crippen LogP contribution in [0.3, 0.4) is 0 Å². The summed E-state index contributed by atoms with van der Waals surface area (Å²) in [7, 11) is -3.71. The van der Waals surface area contributed by atoms with Gasteiger partial charge in [-0.3, -0.25) is 4.72 Å². The van der Waals surface area contributed by atoms with Crippen molar-refractivity contribution >= 4 is 15.7 Å². The number of benzene rings is 2. The maximum Gasteiger partial charge on any atom is 0.261 e. The molecule has 0 bridgehead atoms. The van der Waals surface area contributed by atoms with Gasteiger partial charge >= 0.3 is 0 Å². The van der Waals surface area contributed by atoms with Gasteiger partial charge < -0.3 is 4.74 Å². The van der Waals surface area contributed by atoms with Gasteiger partial charge in [0, 0.05) is 5.69 Å². The first kappa shape index (κ1) is 15.1. The molecule has 0 fully saturated rings. The van der Waals surface area contributed by atoms with Gasteiger partial charge in [0.15, 0.2) is 0 Å². The minimum Gasteiger partial charge on any atom is -0.490 e. The van der Waals surface area contributed by atoms with E-state index in [4.69, 9.17) is 4.74 Å². The summed E-state index contributed by atoms with van der Waals surface area (Å²) < 4.78 is 44.7. The molecule has 4 nitrogen and oxygen atoms in total. The molecule has 2 aromatic carbocycles. The number of halogens is 1. The summed E-state index contributed by atoms with van der Waals surface area (Å²) in [6.07, 6.45) is 1.60. The predicted octanol–water partition coefficient (Wildman–Crippen LogP) is 3.19. The topological polar surface area (TPSA) is 55.4 Å². The highest BCUT2D eigenvalue weighted by Gasteiger charge is 2.14. The predicted molar refractivity (Wildman–Crippen MR) is 79.3 cm³/mol. The first-order valence-electron chi connectivity index (χ1n) is 6.13. The second kappa shape index (κ2) is 6.41. The smallest absolute Gasteiger partial charge is 0.261 e. The van der Waals surface area contributed by atoms with E-state index in [-0.39, 0.29) is 4.90 Å². The molecule has 0 aromatic heterocycles. The van der Waals surface area contributed by atoms with E-state index in [0.717, 1.165) is 0 Å². The number of sulfonamides is 1. The van der Waals surface area contributed by atoms with Gasteiger partial charge in [0.2, 0.25) is 0 Å². The van der Waals surface area contributed by atoms with E-state index in [1.807, 2.05) is 0 Å². The number of hydrogen-bond donors (Lipinski definition) is 1. The Bertz CT molecular complexity index is 710. The largest absolute Gasteiger partial charge is 0.490 e. The fourth-order valence-electron chi connectivity index (χ4n) is 1.60. The van der Waals surface area contributed by atoms with Crippen LogP contribution >= 0.6 is 0 Å². The lowest BCUT2D eigenvalue weighted by molar-refractivity contribution is 0.363. The molecule has 6 heteroatoms. The number of nitrogens with one attached hydrogen (secondary N) is 1. The number of rotatable bonds is 6. The zero-order valence-electron chi connectivity index (χ0n) is 11.1. The lowest BCUT2D eigenvalue weighted by Gasteiger charge is -2.09. The molecule has 0 amide bonds. The lowest BCUT2D eigenvalue weighted by Crippen LogP contribution is -2.12. The van der Waals surface area contributed by atoms with E-state index in [1.54, 1.807) is 18.2 Å². The van der Waals surface area contributed by atoms with Crippen molar-refractivity contribution in [3.8, 4) is 5.75 Å². The second-order valence-corrected chi connectivity index (χ2v) is 5.87. The summed E-state index contributed by atoms with van der Waals surface area (Å²) in [5.41, 5.74) is 0.295. The summed E-state index contributed by atoms with van der Waals surface area (Å²) in [6.45, 7) is 3.88. The van der Waals surface area contributed by atoms with Gasteiger partial charge in [0.05, 0.1) is 4.90 Å². The van der Waals surface area contributed by atoms with Crippen molar-refractivity contribution in [2.24, 2.45) is 0 Å². The van der Waals surface area contributed by atoms with Crippen LogP contribution in [0.1, 0.15) is 0 Å². The van der Waals surface area contributed by atoms with Gasteiger partial charge in [-0.2, -0.15) is 0 Å². The van der Waals surface area contributed by atoms with Crippen LogP contribution in [0.4, 0.5) is 10.1 Å². The van der Waals surface area contributed by atoms with Crippen molar-refractivity contribution in [1.82, 2.24) is 0 Å². The number of anilines is 1. The van der Waals surface area contributed by atoms with E-state index in [0.29, 0.717) is 18.0 Å². The molecule has 2 aromatic rings. The molecule has 0 saturated carbocycles. The van der Waals surface area contributed by atoms with E-state index in [1.165, 1.54) is 36.4 Å². The minimum absolute atomic E-state index is 0.0952. The zero-order valence-corrected chi connectivity index (χ0v) is 11.9. The molecular weight excluding hydrogens is 293 g/mol. The van der Waals surface area contributed by atoms with Crippen molar-refractivity contribution in [2.75, 3.05) is 11.3 Å². The van der Waals surface area contributed by atoms with E-state index >= 15 is 0 Å². The van der Waals surface area contributed by atoms with Crippen molar-refractivity contribution in [2.45, 2.75) is 4.90 Å². The Morgan fingerprint density at radius 3 is 2.29 bits per heavy atom. The maximum atomic E-state index is 12.8. The van der Waals surface area contributed by atoms with Gasteiger partial charge in [-0.15, -0.1) is 0 Å². The Balaban J connectivity index is 2.15. The summed E-state index contributed by atoms with van der Waals surface area (Å²) in [5.74, 6) is 0.123. The Kier molecular flexibility index (Phi) is 4.59. The van der Waals surface area contributed by atoms with E-state index in [9.17, 15) is 12.8 Å². The monoisotopic (exact) mass is 307 g/mol. The average molecular weight is 307 g/mol. The van der Waals surface area contributed by atoms with Crippen LogP contribution in [0, 0.1) is 5.82 Å². The van der Waals surface area contributed by atoms with Crippen LogP contribution in [0.15, 0.2) is 66.1 Å². The molecule has 0 aliphatic heterocycles. The van der Waals surface area contributed by atoms with Crippen LogP contribution in [-0.2, 0) is 10.0 Å². The van der Waals surface area contributed by atoms with E-state index < -0.39 is 15.8 Å². The van der Waals surface area contributed by atoms with Crippen molar-refractivity contribution in [1.29, 1.82) is 0 Å². The molecule has 2 rings (SSSR count). The maximum absolute atomic E-state index is 12.8. The highest BCUT2D eigenvalue weighted by molar-refractivity contribution is 7.92. The van der Waals surface area contributed by atoms with Crippen LogP contribution in [0.5, 0.6) is 5.75 Å². The molecule has 21 heavy (non-hydrogen) atoms. The molecule has 110 valence electrons. The molecule has 0 saturated heterocycles. The van der Waals surface area contributed by atoms with Crippen LogP contribution in [0.2, 0.25) is 0 Å². The first-order chi connectivity index (χ1) is 10.0. The molecule has 0 aliphatic rings. The average Bonchev–Trinajstić information content (AvgIpc) is 2.48. The van der Waals surface area contributed by atoms with Crippen LogP contribution in [-0.4, -0.2) is 15.0 Å². The molecular formula is C15H14FNO3S. The molecule has 1 N–H and O–H groups in total. The van der Waals surface area contributed by atoms with Crippen molar-refractivity contribution in [3.05, 3.63) is 67.0 Å². The third kappa shape index (κ3) is 4.06. The summed E-state index contributed by atoms with van der Waals surface area (Å²) in [4.78, 5) is 0.0952. The SMILES string of the molecule is C=CCOc1ccc(S(=O)(=O)Nc2ccc(F)cc2)cc1. The number of hydrogen-bond acceptors (Lipinski definition) is 3. The summed E-state index contributed by atoms with van der Waals surface area (Å²) >= 11 is 0. The van der Waals surface area contributed by atoms with E-state index in [2.05, 4.69) is 11.3 Å². The zero-order chi connectivity index (χ0) is 15.3. The van der Waals surface area contributed by atoms with Crippen LogP contribution < -0.4 is 9.46 Å². The summed E-state index contributed by atoms with van der Waals surface area (Å²) in [6, 6.07) is 11.1. The van der Waals surface area contributed by atoms with Crippen molar-refractivity contribution in [3.63, 3.8) is 0 Å². The molecule has 0 radical (unpaired) electrons. The third-order valence-corrected chi connectivity index (χ3v) is 4.00. The Hall–Kier alpha value is -2.34. The second-order valence-electron chi connectivity index (χ2n) is 4.18. The molecule has 0 atom stereocenters. The highest BCUT2D eigenvalue weighted by Crippen LogP contribution is 2.19. The normalized spacial score (nSPS) is 10.9. The Labute approximate surface area is 122 Å². The fraction of sp³-hybridized carbons (Fsp3) is 0.0667. The van der Waals surface area contributed by atoms with Crippen molar-refractivity contribution < 1.29 is 17.5 Å². The fourth-order valence-corrected chi connectivity index (χ4v) is 2.66. The molecule has 0 spiro atoms. The lowest BCUT2D eigenvalue weighted by atomic mass is 10.3. The standard InChI is InChI=1S/C15H14FNO3S/c1-2-11-20-14-7-9-15(10-8-14)21(18,19)17-13-5-3-12(16)4-6-13/h2-10,17H,1,11H2. The first-order valence-corrected chi connectivity index (χ1v) is 7.62. The highest BCUT2D eigenvalue weighted by atomic mass is 32.2. The molecule has 0 aliphatic carbocycles. The third-order valence-electron chi connectivity index (χ3n) is 2.60. The van der Waals surface area contributed by atoms with Gasteiger partial charge in [-0.25, -0.2) is 12.8 Å². The molecule has 0 heterocycles. The number of ether oxygens (including phenoxy) is 1. The Morgan fingerprint density at radius 2 is 1.71 bits per heavy atom. The molecule has 0 unspecified atom stereocenters.